The number of benzene rings is 2. The van der Waals surface area contributed by atoms with Crippen LogP contribution in [0.5, 0.6) is 0 Å². The number of hydrogen-bond acceptors (Lipinski definition) is 3. The molecular formula is C18H15BrF3N3O. The van der Waals surface area contributed by atoms with Crippen LogP contribution in [0.3, 0.4) is 0 Å². The molecule has 0 spiro atoms. The van der Waals surface area contributed by atoms with Gasteiger partial charge in [0, 0.05) is 28.8 Å². The van der Waals surface area contributed by atoms with E-state index in [1.165, 1.54) is 12.1 Å². The number of nitrogens with one attached hydrogen (secondary N) is 2. The van der Waals surface area contributed by atoms with E-state index in [4.69, 9.17) is 5.26 Å². The molecule has 0 fully saturated rings. The van der Waals surface area contributed by atoms with Crippen molar-refractivity contribution in [3.05, 3.63) is 57.6 Å². The molecule has 0 saturated carbocycles. The van der Waals surface area contributed by atoms with Crippen molar-refractivity contribution in [2.45, 2.75) is 19.5 Å². The Morgan fingerprint density at radius 2 is 1.92 bits per heavy atom. The smallest absolute Gasteiger partial charge is 0.384 e. The summed E-state index contributed by atoms with van der Waals surface area (Å²) in [5, 5.41) is 14.1. The summed E-state index contributed by atoms with van der Waals surface area (Å²) in [6.07, 6.45) is -4.60. The van der Waals surface area contributed by atoms with Gasteiger partial charge in [-0.2, -0.15) is 18.4 Å². The minimum atomic E-state index is -4.59. The Kier molecular flexibility index (Phi) is 6.27. The molecule has 0 heterocycles. The van der Waals surface area contributed by atoms with Gasteiger partial charge in [0.15, 0.2) is 0 Å². The number of carbonyl (C=O) groups excluding carboxylic acids is 1. The van der Waals surface area contributed by atoms with Crippen molar-refractivity contribution in [3.63, 3.8) is 0 Å². The first-order valence-electron chi connectivity index (χ1n) is 7.62. The van der Waals surface area contributed by atoms with Gasteiger partial charge >= 0.3 is 6.18 Å². The van der Waals surface area contributed by atoms with Crippen LogP contribution in [0.15, 0.2) is 40.9 Å². The third-order valence-electron chi connectivity index (χ3n) is 3.60. The fourth-order valence-corrected chi connectivity index (χ4v) is 2.62. The minimum absolute atomic E-state index is 0.0107. The predicted molar refractivity (Wildman–Crippen MR) is 96.8 cm³/mol. The summed E-state index contributed by atoms with van der Waals surface area (Å²) in [5.74, 6) is -0.319. The maximum atomic E-state index is 13.1. The summed E-state index contributed by atoms with van der Waals surface area (Å²) in [7, 11) is 0. The van der Waals surface area contributed by atoms with Gasteiger partial charge in [-0.1, -0.05) is 22.0 Å². The minimum Gasteiger partial charge on any atom is -0.384 e. The van der Waals surface area contributed by atoms with E-state index < -0.39 is 11.7 Å². The summed E-state index contributed by atoms with van der Waals surface area (Å²) in [6.45, 7) is 1.86. The first-order chi connectivity index (χ1) is 12.2. The number of amides is 1. The molecule has 26 heavy (non-hydrogen) atoms. The average Bonchev–Trinajstić information content (AvgIpc) is 2.57. The van der Waals surface area contributed by atoms with E-state index in [1.54, 1.807) is 12.1 Å². The van der Waals surface area contributed by atoms with Crippen LogP contribution in [0.4, 0.5) is 24.5 Å². The van der Waals surface area contributed by atoms with Crippen LogP contribution in [0.2, 0.25) is 0 Å². The van der Waals surface area contributed by atoms with Gasteiger partial charge in [0.25, 0.3) is 0 Å². The highest BCUT2D eigenvalue weighted by Gasteiger charge is 2.33. The Balaban J connectivity index is 2.00. The largest absolute Gasteiger partial charge is 0.418 e. The molecule has 1 amide bonds. The number of aryl methyl sites for hydroxylation is 1. The second kappa shape index (κ2) is 8.23. The zero-order valence-electron chi connectivity index (χ0n) is 13.7. The number of nitrogens with zero attached hydrogens (tertiary/aromatic N) is 1. The second-order valence-corrected chi connectivity index (χ2v) is 6.47. The van der Waals surface area contributed by atoms with Crippen molar-refractivity contribution in [2.24, 2.45) is 0 Å². The van der Waals surface area contributed by atoms with E-state index in [0.717, 1.165) is 16.1 Å². The van der Waals surface area contributed by atoms with Gasteiger partial charge in [0.05, 0.1) is 17.2 Å². The molecule has 0 aliphatic heterocycles. The molecular weight excluding hydrogens is 411 g/mol. The number of alkyl halides is 3. The monoisotopic (exact) mass is 425 g/mol. The first kappa shape index (κ1) is 19.8. The summed E-state index contributed by atoms with van der Waals surface area (Å²) < 4.78 is 40.1. The van der Waals surface area contributed by atoms with Crippen LogP contribution in [0, 0.1) is 18.3 Å². The number of nitriles is 1. The topological polar surface area (TPSA) is 64.9 Å². The number of carbonyl (C=O) groups is 1. The molecule has 0 saturated heterocycles. The summed E-state index contributed by atoms with van der Waals surface area (Å²) in [6, 6.07) is 10.4. The molecule has 136 valence electrons. The Morgan fingerprint density at radius 1 is 1.19 bits per heavy atom. The number of halogens is 4. The maximum absolute atomic E-state index is 13.1. The second-order valence-electron chi connectivity index (χ2n) is 5.55. The van der Waals surface area contributed by atoms with Crippen LogP contribution >= 0.6 is 15.9 Å². The Hall–Kier alpha value is -2.53. The van der Waals surface area contributed by atoms with Gasteiger partial charge in [-0.15, -0.1) is 0 Å². The molecule has 2 N–H and O–H groups in total. The molecule has 8 heteroatoms. The maximum Gasteiger partial charge on any atom is 0.418 e. The summed E-state index contributed by atoms with van der Waals surface area (Å²) in [4.78, 5) is 12.0. The zero-order chi connectivity index (χ0) is 19.3. The average molecular weight is 426 g/mol. The summed E-state index contributed by atoms with van der Waals surface area (Å²) >= 11 is 3.31. The van der Waals surface area contributed by atoms with Crippen LogP contribution < -0.4 is 10.6 Å². The molecule has 0 atom stereocenters. The van der Waals surface area contributed by atoms with Crippen molar-refractivity contribution in [2.75, 3.05) is 17.2 Å². The third-order valence-corrected chi connectivity index (χ3v) is 4.09. The number of hydrogen-bond donors (Lipinski definition) is 2. The highest BCUT2D eigenvalue weighted by molar-refractivity contribution is 9.10. The zero-order valence-corrected chi connectivity index (χ0v) is 15.3. The van der Waals surface area contributed by atoms with Gasteiger partial charge in [-0.05, 0) is 42.8 Å². The normalized spacial score (nSPS) is 10.9. The van der Waals surface area contributed by atoms with Crippen molar-refractivity contribution in [1.82, 2.24) is 0 Å². The fraction of sp³-hybridized carbons (Fsp3) is 0.222. The Labute approximate surface area is 157 Å². The Bertz CT molecular complexity index is 860. The fourth-order valence-electron chi connectivity index (χ4n) is 2.25. The van der Waals surface area contributed by atoms with Crippen LogP contribution in [0.1, 0.15) is 23.1 Å². The Morgan fingerprint density at radius 3 is 2.58 bits per heavy atom. The lowest BCUT2D eigenvalue weighted by Crippen LogP contribution is -2.18. The predicted octanol–water partition coefficient (Wildman–Crippen LogP) is 5.09. The van der Waals surface area contributed by atoms with Crippen molar-refractivity contribution >= 4 is 33.2 Å². The van der Waals surface area contributed by atoms with Gasteiger partial charge < -0.3 is 10.6 Å². The van der Waals surface area contributed by atoms with Gasteiger partial charge in [-0.3, -0.25) is 4.79 Å². The quantitative estimate of drug-likeness (QED) is 0.700. The van der Waals surface area contributed by atoms with Crippen molar-refractivity contribution in [3.8, 4) is 6.07 Å². The lowest BCUT2D eigenvalue weighted by molar-refractivity contribution is -0.137. The van der Waals surface area contributed by atoms with Crippen LogP contribution in [-0.4, -0.2) is 12.5 Å². The molecule has 0 bridgehead atoms. The molecule has 2 aromatic carbocycles. The van der Waals surface area contributed by atoms with E-state index in [1.807, 2.05) is 19.1 Å². The first-order valence-corrected chi connectivity index (χ1v) is 8.41. The van der Waals surface area contributed by atoms with E-state index in [2.05, 4.69) is 26.6 Å². The highest BCUT2D eigenvalue weighted by Crippen LogP contribution is 2.35. The van der Waals surface area contributed by atoms with Gasteiger partial charge in [0.1, 0.15) is 0 Å². The lowest BCUT2D eigenvalue weighted by atomic mass is 10.1. The summed E-state index contributed by atoms with van der Waals surface area (Å²) in [5.41, 5.74) is 0.341. The van der Waals surface area contributed by atoms with E-state index >= 15 is 0 Å². The standard InChI is InChI=1S/C18H15BrF3N3O/c1-11-2-4-13(19)9-16(11)25-17(26)6-7-24-15-5-3-12(10-23)8-14(15)18(20,21)22/h2-5,8-9,24H,6-7H2,1H3,(H,25,26). The molecule has 0 aromatic heterocycles. The number of anilines is 2. The van der Waals surface area contributed by atoms with E-state index in [0.29, 0.717) is 5.69 Å². The molecule has 0 unspecified atom stereocenters. The van der Waals surface area contributed by atoms with Crippen LogP contribution in [0.25, 0.3) is 0 Å². The van der Waals surface area contributed by atoms with Gasteiger partial charge in [0.2, 0.25) is 5.91 Å². The molecule has 0 radical (unpaired) electrons. The highest BCUT2D eigenvalue weighted by atomic mass is 79.9. The SMILES string of the molecule is Cc1ccc(Br)cc1NC(=O)CCNc1ccc(C#N)cc1C(F)(F)F. The van der Waals surface area contributed by atoms with E-state index in [-0.39, 0.29) is 30.1 Å². The molecule has 0 aliphatic rings. The number of rotatable bonds is 5. The van der Waals surface area contributed by atoms with Crippen molar-refractivity contribution < 1.29 is 18.0 Å². The molecule has 4 nitrogen and oxygen atoms in total. The lowest BCUT2D eigenvalue weighted by Gasteiger charge is -2.15. The molecule has 2 aromatic rings. The van der Waals surface area contributed by atoms with Gasteiger partial charge in [-0.25, -0.2) is 0 Å². The molecule has 2 rings (SSSR count). The van der Waals surface area contributed by atoms with Crippen molar-refractivity contribution in [1.29, 1.82) is 5.26 Å². The van der Waals surface area contributed by atoms with Crippen LogP contribution in [-0.2, 0) is 11.0 Å². The van der Waals surface area contributed by atoms with E-state index in [9.17, 15) is 18.0 Å². The molecule has 0 aliphatic carbocycles. The third kappa shape index (κ3) is 5.23.